The van der Waals surface area contributed by atoms with Crippen LogP contribution in [-0.4, -0.2) is 31.3 Å². The second kappa shape index (κ2) is 6.37. The molecule has 1 aliphatic rings. The van der Waals surface area contributed by atoms with Crippen LogP contribution in [-0.2, 0) is 21.6 Å². The van der Waals surface area contributed by atoms with E-state index in [4.69, 9.17) is 4.74 Å². The lowest BCUT2D eigenvalue weighted by Gasteiger charge is -2.35. The number of benzene rings is 1. The predicted octanol–water partition coefficient (Wildman–Crippen LogP) is 1.61. The monoisotopic (exact) mass is 277 g/mol. The van der Waals surface area contributed by atoms with Crippen molar-refractivity contribution in [1.29, 1.82) is 0 Å². The molecule has 4 nitrogen and oxygen atoms in total. The number of hydrogen-bond donors (Lipinski definition) is 2. The van der Waals surface area contributed by atoms with Gasteiger partial charge < -0.3 is 15.2 Å². The molecule has 0 saturated carbocycles. The van der Waals surface area contributed by atoms with Crippen LogP contribution in [0.5, 0.6) is 0 Å². The summed E-state index contributed by atoms with van der Waals surface area (Å²) in [5.74, 6) is -0.286. The van der Waals surface area contributed by atoms with Gasteiger partial charge in [0, 0.05) is 7.11 Å². The van der Waals surface area contributed by atoms with Crippen LogP contribution in [0.4, 0.5) is 0 Å². The molecule has 0 aromatic heterocycles. The van der Waals surface area contributed by atoms with E-state index in [0.29, 0.717) is 13.0 Å². The number of rotatable bonds is 5. The minimum atomic E-state index is -0.947. The standard InChI is InChI=1S/C16H23NO3/c1-12(10-20-2)15(18)17-11-16(19)9-5-7-13-6-3-4-8-14(13)16/h3-4,6,8,12,19H,5,7,9-11H2,1-2H3,(H,17,18). The highest BCUT2D eigenvalue weighted by Crippen LogP contribution is 2.34. The molecule has 110 valence electrons. The van der Waals surface area contributed by atoms with Crippen LogP contribution in [0.25, 0.3) is 0 Å². The molecule has 1 aliphatic carbocycles. The first kappa shape index (κ1) is 15.0. The summed E-state index contributed by atoms with van der Waals surface area (Å²) in [6.45, 7) is 2.47. The van der Waals surface area contributed by atoms with Crippen molar-refractivity contribution in [3.8, 4) is 0 Å². The molecule has 1 aromatic carbocycles. The summed E-state index contributed by atoms with van der Waals surface area (Å²) in [4.78, 5) is 11.9. The lowest BCUT2D eigenvalue weighted by Crippen LogP contribution is -2.44. The summed E-state index contributed by atoms with van der Waals surface area (Å²) in [6, 6.07) is 7.93. The number of aliphatic hydroxyl groups is 1. The Morgan fingerprint density at radius 2 is 2.25 bits per heavy atom. The SMILES string of the molecule is COCC(C)C(=O)NCC1(O)CCCc2ccccc21. The van der Waals surface area contributed by atoms with Crippen LogP contribution in [0, 0.1) is 5.92 Å². The molecule has 0 bridgehead atoms. The third kappa shape index (κ3) is 3.19. The first-order chi connectivity index (χ1) is 9.57. The summed E-state index contributed by atoms with van der Waals surface area (Å²) in [7, 11) is 1.58. The Hall–Kier alpha value is -1.39. The van der Waals surface area contributed by atoms with E-state index < -0.39 is 5.60 Å². The van der Waals surface area contributed by atoms with E-state index in [1.165, 1.54) is 5.56 Å². The first-order valence-corrected chi connectivity index (χ1v) is 7.14. The number of aryl methyl sites for hydroxylation is 1. The fourth-order valence-electron chi connectivity index (χ4n) is 2.82. The summed E-state index contributed by atoms with van der Waals surface area (Å²) in [6.07, 6.45) is 2.62. The van der Waals surface area contributed by atoms with E-state index >= 15 is 0 Å². The molecule has 0 radical (unpaired) electrons. The number of amides is 1. The third-order valence-electron chi connectivity index (χ3n) is 3.97. The maximum absolute atomic E-state index is 11.9. The Kier molecular flexibility index (Phi) is 4.78. The van der Waals surface area contributed by atoms with Gasteiger partial charge in [-0.15, -0.1) is 0 Å². The lowest BCUT2D eigenvalue weighted by molar-refractivity contribution is -0.127. The number of hydrogen-bond acceptors (Lipinski definition) is 3. The highest BCUT2D eigenvalue weighted by Gasteiger charge is 2.34. The number of ether oxygens (including phenoxy) is 1. The normalized spacial score (nSPS) is 22.9. The molecule has 1 aromatic rings. The van der Waals surface area contributed by atoms with Gasteiger partial charge in [0.2, 0.25) is 5.91 Å². The molecule has 0 fully saturated rings. The van der Waals surface area contributed by atoms with Gasteiger partial charge in [-0.25, -0.2) is 0 Å². The van der Waals surface area contributed by atoms with Gasteiger partial charge in [0.15, 0.2) is 0 Å². The molecule has 2 N–H and O–H groups in total. The highest BCUT2D eigenvalue weighted by molar-refractivity contribution is 5.78. The Labute approximate surface area is 120 Å². The summed E-state index contributed by atoms with van der Waals surface area (Å²) in [5.41, 5.74) is 1.18. The Bertz CT molecular complexity index is 475. The average Bonchev–Trinajstić information content (AvgIpc) is 2.46. The third-order valence-corrected chi connectivity index (χ3v) is 3.97. The van der Waals surface area contributed by atoms with E-state index in [2.05, 4.69) is 11.4 Å². The zero-order valence-electron chi connectivity index (χ0n) is 12.2. The van der Waals surface area contributed by atoms with Crippen molar-refractivity contribution in [1.82, 2.24) is 5.32 Å². The molecular weight excluding hydrogens is 254 g/mol. The van der Waals surface area contributed by atoms with E-state index in [9.17, 15) is 9.90 Å². The van der Waals surface area contributed by atoms with E-state index in [-0.39, 0.29) is 18.4 Å². The smallest absolute Gasteiger partial charge is 0.225 e. The number of fused-ring (bicyclic) bond motifs is 1. The van der Waals surface area contributed by atoms with Crippen LogP contribution in [0.15, 0.2) is 24.3 Å². The molecule has 4 heteroatoms. The zero-order valence-corrected chi connectivity index (χ0v) is 12.2. The van der Waals surface area contributed by atoms with Gasteiger partial charge in [0.05, 0.1) is 19.1 Å². The van der Waals surface area contributed by atoms with Crippen molar-refractivity contribution in [2.24, 2.45) is 5.92 Å². The molecular formula is C16H23NO3. The van der Waals surface area contributed by atoms with Crippen LogP contribution >= 0.6 is 0 Å². The van der Waals surface area contributed by atoms with E-state index in [1.54, 1.807) is 7.11 Å². The number of methoxy groups -OCH3 is 1. The fourth-order valence-corrected chi connectivity index (χ4v) is 2.82. The largest absolute Gasteiger partial charge is 0.384 e. The first-order valence-electron chi connectivity index (χ1n) is 7.14. The number of nitrogens with one attached hydrogen (secondary N) is 1. The lowest BCUT2D eigenvalue weighted by atomic mass is 9.79. The molecule has 2 unspecified atom stereocenters. The maximum Gasteiger partial charge on any atom is 0.225 e. The van der Waals surface area contributed by atoms with Crippen molar-refractivity contribution < 1.29 is 14.6 Å². The number of carbonyl (C=O) groups is 1. The van der Waals surface area contributed by atoms with Crippen molar-refractivity contribution in [3.63, 3.8) is 0 Å². The maximum atomic E-state index is 11.9. The van der Waals surface area contributed by atoms with Gasteiger partial charge in [-0.2, -0.15) is 0 Å². The second-order valence-electron chi connectivity index (χ2n) is 5.62. The van der Waals surface area contributed by atoms with E-state index in [0.717, 1.165) is 18.4 Å². The number of carbonyl (C=O) groups excluding carboxylic acids is 1. The average molecular weight is 277 g/mol. The molecule has 0 heterocycles. The van der Waals surface area contributed by atoms with Crippen LogP contribution < -0.4 is 5.32 Å². The minimum absolute atomic E-state index is 0.0803. The molecule has 20 heavy (non-hydrogen) atoms. The molecule has 0 aliphatic heterocycles. The van der Waals surface area contributed by atoms with Gasteiger partial charge in [-0.3, -0.25) is 4.79 Å². The highest BCUT2D eigenvalue weighted by atomic mass is 16.5. The molecule has 1 amide bonds. The second-order valence-corrected chi connectivity index (χ2v) is 5.62. The molecule has 0 spiro atoms. The van der Waals surface area contributed by atoms with Crippen LogP contribution in [0.1, 0.15) is 30.9 Å². The quantitative estimate of drug-likeness (QED) is 0.859. The topological polar surface area (TPSA) is 58.6 Å². The predicted molar refractivity (Wildman–Crippen MR) is 77.3 cm³/mol. The Balaban J connectivity index is 2.04. The Morgan fingerprint density at radius 3 is 3.00 bits per heavy atom. The molecule has 2 rings (SSSR count). The Morgan fingerprint density at radius 1 is 1.50 bits per heavy atom. The zero-order chi connectivity index (χ0) is 14.6. The van der Waals surface area contributed by atoms with Gasteiger partial charge in [-0.1, -0.05) is 31.2 Å². The fraction of sp³-hybridized carbons (Fsp3) is 0.562. The van der Waals surface area contributed by atoms with Crippen molar-refractivity contribution in [3.05, 3.63) is 35.4 Å². The summed E-state index contributed by atoms with van der Waals surface area (Å²) < 4.78 is 4.97. The summed E-state index contributed by atoms with van der Waals surface area (Å²) >= 11 is 0. The van der Waals surface area contributed by atoms with Crippen LogP contribution in [0.3, 0.4) is 0 Å². The molecule has 2 atom stereocenters. The van der Waals surface area contributed by atoms with Crippen LogP contribution in [0.2, 0.25) is 0 Å². The van der Waals surface area contributed by atoms with Gasteiger partial charge >= 0.3 is 0 Å². The van der Waals surface area contributed by atoms with Crippen molar-refractivity contribution in [2.75, 3.05) is 20.3 Å². The minimum Gasteiger partial charge on any atom is -0.384 e. The van der Waals surface area contributed by atoms with Crippen molar-refractivity contribution in [2.45, 2.75) is 31.8 Å². The van der Waals surface area contributed by atoms with E-state index in [1.807, 2.05) is 25.1 Å². The van der Waals surface area contributed by atoms with Gasteiger partial charge in [-0.05, 0) is 30.4 Å². The van der Waals surface area contributed by atoms with Gasteiger partial charge in [0.25, 0.3) is 0 Å². The molecule has 0 saturated heterocycles. The van der Waals surface area contributed by atoms with Crippen molar-refractivity contribution >= 4 is 5.91 Å². The summed E-state index contributed by atoms with van der Waals surface area (Å²) in [5, 5.41) is 13.7. The van der Waals surface area contributed by atoms with Gasteiger partial charge in [0.1, 0.15) is 5.60 Å².